The Labute approximate surface area is 294 Å². The first kappa shape index (κ1) is 37.4. The Morgan fingerprint density at radius 1 is 0.706 bits per heavy atom. The Hall–Kier alpha value is -3.39. The molecule has 8 N–H and O–H groups in total. The van der Waals surface area contributed by atoms with Crippen molar-refractivity contribution in [3.05, 3.63) is 51.9 Å². The Balaban J connectivity index is 1.30. The summed E-state index contributed by atoms with van der Waals surface area (Å²) < 4.78 is 17.2. The molecule has 0 unspecified atom stereocenters. The summed E-state index contributed by atoms with van der Waals surface area (Å²) in [6.45, 7) is 6.67. The molecule has 0 spiro atoms. The Morgan fingerprint density at radius 2 is 1.25 bits per heavy atom. The van der Waals surface area contributed by atoms with Crippen LogP contribution in [-0.4, -0.2) is 176 Å². The maximum Gasteiger partial charge on any atom is 0.229 e. The number of aliphatic hydroxyl groups excluding tert-OH is 6. The van der Waals surface area contributed by atoms with Crippen LogP contribution < -0.4 is 10.2 Å². The summed E-state index contributed by atoms with van der Waals surface area (Å²) in [7, 11) is 0. The minimum Gasteiger partial charge on any atom is -0.507 e. The van der Waals surface area contributed by atoms with Gasteiger partial charge in [0.2, 0.25) is 11.7 Å². The van der Waals surface area contributed by atoms with Crippen LogP contribution in [0.1, 0.15) is 11.1 Å². The Bertz CT molecular complexity index is 1670. The molecule has 3 fully saturated rings. The molecule has 6 rings (SSSR count). The topological polar surface area (TPSA) is 223 Å². The highest BCUT2D eigenvalue weighted by Gasteiger charge is 2.44. The summed E-state index contributed by atoms with van der Waals surface area (Å²) in [5, 5.41) is 81.9. The number of aromatic hydroxyl groups is 2. The number of β-amino-alcohol motifs (C(OH)–C–C–N with tert-alkyl or cyclic N) is 2. The fourth-order valence-electron chi connectivity index (χ4n) is 7.04. The van der Waals surface area contributed by atoms with Crippen molar-refractivity contribution in [2.75, 3.05) is 85.3 Å². The van der Waals surface area contributed by atoms with Gasteiger partial charge in [0.1, 0.15) is 58.9 Å². The first-order valence-corrected chi connectivity index (χ1v) is 17.3. The van der Waals surface area contributed by atoms with E-state index in [0.29, 0.717) is 63.5 Å². The molecule has 3 saturated heterocycles. The average molecular weight is 717 g/mol. The van der Waals surface area contributed by atoms with Crippen molar-refractivity contribution in [2.45, 2.75) is 43.8 Å². The Morgan fingerprint density at radius 3 is 1.80 bits per heavy atom. The van der Waals surface area contributed by atoms with Crippen molar-refractivity contribution >= 4 is 11.0 Å². The molecule has 1 aromatic heterocycles. The van der Waals surface area contributed by atoms with Crippen LogP contribution >= 0.6 is 0 Å². The van der Waals surface area contributed by atoms with Crippen molar-refractivity contribution in [3.8, 4) is 28.4 Å². The van der Waals surface area contributed by atoms with Gasteiger partial charge in [-0.2, -0.15) is 0 Å². The standard InChI is InChI=1S/C35H48N4O12/c40-15-13-36-5-9-38(10-6-36)17-23-28(43)24(18-39-11-7-37(8-12-39)14-16-41)34-27(29(23)44)30(45)25(20-49-34)21-1-3-22(4-2-21)50-35-33(48)32(47)31(46)26(19-42)51-35/h1-4,20,26,31-33,35,40-44,46-48H,5-19H2/t26-,31-,32+,33-,35-/m0/s1. The summed E-state index contributed by atoms with van der Waals surface area (Å²) in [5.41, 5.74) is 0.811. The second kappa shape index (κ2) is 16.5. The molecular formula is C35H48N4O12. The number of benzene rings is 2. The predicted octanol–water partition coefficient (Wildman–Crippen LogP) is -1.73. The average Bonchev–Trinajstić information content (AvgIpc) is 3.14. The predicted molar refractivity (Wildman–Crippen MR) is 183 cm³/mol. The smallest absolute Gasteiger partial charge is 0.229 e. The van der Waals surface area contributed by atoms with Crippen molar-refractivity contribution < 1.29 is 54.7 Å². The van der Waals surface area contributed by atoms with Crippen LogP contribution in [0.3, 0.4) is 0 Å². The summed E-state index contributed by atoms with van der Waals surface area (Å²) in [4.78, 5) is 22.7. The van der Waals surface area contributed by atoms with Gasteiger partial charge >= 0.3 is 0 Å². The molecule has 3 aromatic rings. The lowest BCUT2D eigenvalue weighted by Crippen LogP contribution is -2.60. The van der Waals surface area contributed by atoms with Crippen molar-refractivity contribution in [2.24, 2.45) is 0 Å². The summed E-state index contributed by atoms with van der Waals surface area (Å²) in [5.74, 6) is -0.264. The number of phenolic OH excluding ortho intramolecular Hbond substituents is 2. The van der Waals surface area contributed by atoms with E-state index in [4.69, 9.17) is 13.9 Å². The summed E-state index contributed by atoms with van der Waals surface area (Å²) in [6, 6.07) is 6.19. The van der Waals surface area contributed by atoms with E-state index in [9.17, 15) is 45.6 Å². The van der Waals surface area contributed by atoms with Crippen LogP contribution in [0.4, 0.5) is 0 Å². The molecule has 0 saturated carbocycles. The normalized spacial score (nSPS) is 25.8. The van der Waals surface area contributed by atoms with Gasteiger partial charge in [0.15, 0.2) is 0 Å². The van der Waals surface area contributed by atoms with E-state index in [2.05, 4.69) is 19.6 Å². The number of hydrogen-bond donors (Lipinski definition) is 8. The van der Waals surface area contributed by atoms with Gasteiger partial charge in [-0.3, -0.25) is 24.4 Å². The van der Waals surface area contributed by atoms with Gasteiger partial charge < -0.3 is 54.7 Å². The van der Waals surface area contributed by atoms with Crippen molar-refractivity contribution in [3.63, 3.8) is 0 Å². The number of aliphatic hydroxyl groups is 6. The highest BCUT2D eigenvalue weighted by Crippen LogP contribution is 2.41. The Kier molecular flexibility index (Phi) is 12.1. The molecule has 16 nitrogen and oxygen atoms in total. The third-order valence-electron chi connectivity index (χ3n) is 10.2. The van der Waals surface area contributed by atoms with Gasteiger partial charge in [0.05, 0.1) is 36.5 Å². The molecule has 5 atom stereocenters. The van der Waals surface area contributed by atoms with E-state index in [-0.39, 0.29) is 65.6 Å². The van der Waals surface area contributed by atoms with Crippen LogP contribution in [0.5, 0.6) is 17.2 Å². The van der Waals surface area contributed by atoms with Gasteiger partial charge in [-0.05, 0) is 17.7 Å². The lowest BCUT2D eigenvalue weighted by Gasteiger charge is -2.39. The van der Waals surface area contributed by atoms with Gasteiger partial charge in [0, 0.05) is 78.5 Å². The molecule has 16 heteroatoms. The zero-order valence-electron chi connectivity index (χ0n) is 28.4. The van der Waals surface area contributed by atoms with E-state index >= 15 is 0 Å². The fourth-order valence-corrected chi connectivity index (χ4v) is 7.04. The number of piperazine rings is 2. The number of rotatable bonds is 12. The molecular weight excluding hydrogens is 668 g/mol. The van der Waals surface area contributed by atoms with E-state index in [1.807, 2.05) is 0 Å². The zero-order chi connectivity index (χ0) is 36.2. The second-order valence-corrected chi connectivity index (χ2v) is 13.4. The van der Waals surface area contributed by atoms with Gasteiger partial charge in [-0.25, -0.2) is 0 Å². The molecule has 4 heterocycles. The maximum atomic E-state index is 14.2. The number of fused-ring (bicyclic) bond motifs is 1. The highest BCUT2D eigenvalue weighted by molar-refractivity contribution is 5.92. The first-order chi connectivity index (χ1) is 24.6. The number of hydrogen-bond acceptors (Lipinski definition) is 16. The first-order valence-electron chi connectivity index (χ1n) is 17.3. The third kappa shape index (κ3) is 8.01. The second-order valence-electron chi connectivity index (χ2n) is 13.4. The summed E-state index contributed by atoms with van der Waals surface area (Å²) in [6.07, 6.45) is -5.94. The maximum absolute atomic E-state index is 14.2. The quantitative estimate of drug-likeness (QED) is 0.104. The monoisotopic (exact) mass is 716 g/mol. The molecule has 0 radical (unpaired) electrons. The van der Waals surface area contributed by atoms with Crippen LogP contribution in [-0.2, 0) is 17.8 Å². The number of ether oxygens (including phenoxy) is 2. The fraction of sp³-hybridized carbons (Fsp3) is 0.571. The molecule has 0 bridgehead atoms. The zero-order valence-corrected chi connectivity index (χ0v) is 28.4. The summed E-state index contributed by atoms with van der Waals surface area (Å²) >= 11 is 0. The largest absolute Gasteiger partial charge is 0.507 e. The SMILES string of the molecule is O=c1c(-c2ccc(O[C@H]3O[C@@H](CO)[C@H](O)[C@@H](O)[C@@H]3O)cc2)coc2c(CN3CCN(CCO)CC3)c(O)c(CN3CCN(CCO)CC3)c(O)c12. The van der Waals surface area contributed by atoms with Crippen LogP contribution in [0.15, 0.2) is 39.7 Å². The minimum atomic E-state index is -1.60. The molecule has 0 aliphatic carbocycles. The molecule has 3 aliphatic heterocycles. The van der Waals surface area contributed by atoms with Gasteiger partial charge in [-0.15, -0.1) is 0 Å². The van der Waals surface area contributed by atoms with Crippen molar-refractivity contribution in [1.82, 2.24) is 19.6 Å². The van der Waals surface area contributed by atoms with Crippen LogP contribution in [0, 0.1) is 0 Å². The van der Waals surface area contributed by atoms with Crippen molar-refractivity contribution in [1.29, 1.82) is 0 Å². The minimum absolute atomic E-state index is 0.0465. The van der Waals surface area contributed by atoms with Gasteiger partial charge in [-0.1, -0.05) is 12.1 Å². The third-order valence-corrected chi connectivity index (χ3v) is 10.2. The van der Waals surface area contributed by atoms with Crippen LogP contribution in [0.2, 0.25) is 0 Å². The van der Waals surface area contributed by atoms with E-state index in [1.54, 1.807) is 12.1 Å². The lowest BCUT2D eigenvalue weighted by molar-refractivity contribution is -0.277. The number of phenols is 2. The number of nitrogens with zero attached hydrogens (tertiary/aromatic N) is 4. The molecule has 51 heavy (non-hydrogen) atoms. The van der Waals surface area contributed by atoms with Crippen LogP contribution in [0.25, 0.3) is 22.1 Å². The lowest BCUT2D eigenvalue weighted by atomic mass is 9.98. The molecule has 3 aliphatic rings. The molecule has 2 aromatic carbocycles. The van der Waals surface area contributed by atoms with E-state index < -0.39 is 42.7 Å². The van der Waals surface area contributed by atoms with Gasteiger partial charge in [0.25, 0.3) is 0 Å². The molecule has 280 valence electrons. The van der Waals surface area contributed by atoms with E-state index in [0.717, 1.165) is 13.1 Å². The van der Waals surface area contributed by atoms with E-state index in [1.165, 1.54) is 18.4 Å². The highest BCUT2D eigenvalue weighted by atomic mass is 16.7. The molecule has 0 amide bonds.